The van der Waals surface area contributed by atoms with Gasteiger partial charge in [-0.1, -0.05) is 11.6 Å². The molecule has 6 nitrogen and oxygen atoms in total. The largest absolute Gasteiger partial charge is 0.459 e. The monoisotopic (exact) mass is 455 g/mol. The highest BCUT2D eigenvalue weighted by Crippen LogP contribution is 2.25. The van der Waals surface area contributed by atoms with Crippen molar-refractivity contribution in [2.45, 2.75) is 45.7 Å². The summed E-state index contributed by atoms with van der Waals surface area (Å²) in [6.07, 6.45) is 3.65. The molecule has 0 saturated carbocycles. The summed E-state index contributed by atoms with van der Waals surface area (Å²) < 4.78 is 5.91. The average molecular weight is 456 g/mol. The van der Waals surface area contributed by atoms with E-state index in [0.29, 0.717) is 28.7 Å². The third kappa shape index (κ3) is 5.54. The number of benzene rings is 1. The highest BCUT2D eigenvalue weighted by atomic mass is 35.5. The lowest BCUT2D eigenvalue weighted by Gasteiger charge is -2.34. The summed E-state index contributed by atoms with van der Waals surface area (Å²) in [5.74, 6) is 3.02. The molecule has 1 aromatic carbocycles. The van der Waals surface area contributed by atoms with E-state index in [1.54, 1.807) is 0 Å². The predicted molar refractivity (Wildman–Crippen MR) is 130 cm³/mol. The third-order valence-electron chi connectivity index (χ3n) is 5.38. The van der Waals surface area contributed by atoms with Crippen molar-refractivity contribution < 1.29 is 4.42 Å². The first-order chi connectivity index (χ1) is 15.0. The third-order valence-corrected chi connectivity index (χ3v) is 5.88. The van der Waals surface area contributed by atoms with E-state index in [9.17, 15) is 0 Å². The van der Waals surface area contributed by atoms with Crippen LogP contribution < -0.4 is 15.5 Å². The SMILES string of the molecule is Cc1cc(N2CCCC[C@@H]2C)nc(NC(=S)NCc2ccc(-c3ccc(Cl)cc3)o2)n1. The lowest BCUT2D eigenvalue weighted by molar-refractivity contribution is 0.481. The van der Waals surface area contributed by atoms with Crippen molar-refractivity contribution in [2.75, 3.05) is 16.8 Å². The minimum Gasteiger partial charge on any atom is -0.459 e. The van der Waals surface area contributed by atoms with Gasteiger partial charge in [0.05, 0.1) is 6.54 Å². The van der Waals surface area contributed by atoms with Gasteiger partial charge in [-0.3, -0.25) is 0 Å². The number of furan rings is 1. The van der Waals surface area contributed by atoms with E-state index in [2.05, 4.69) is 27.4 Å². The number of piperidine rings is 1. The van der Waals surface area contributed by atoms with Gasteiger partial charge in [0, 0.05) is 34.9 Å². The maximum absolute atomic E-state index is 5.95. The molecule has 0 aliphatic carbocycles. The number of nitrogens with one attached hydrogen (secondary N) is 2. The van der Waals surface area contributed by atoms with Gasteiger partial charge in [-0.25, -0.2) is 4.98 Å². The second-order valence-corrected chi connectivity index (χ2v) is 8.65. The number of hydrogen-bond donors (Lipinski definition) is 2. The van der Waals surface area contributed by atoms with Crippen molar-refractivity contribution in [3.05, 3.63) is 58.9 Å². The Labute approximate surface area is 193 Å². The smallest absolute Gasteiger partial charge is 0.231 e. The fraction of sp³-hybridized carbons (Fsp3) is 0.348. The summed E-state index contributed by atoms with van der Waals surface area (Å²) in [5.41, 5.74) is 1.88. The van der Waals surface area contributed by atoms with Crippen LogP contribution in [-0.4, -0.2) is 27.7 Å². The Morgan fingerprint density at radius 1 is 1.19 bits per heavy atom. The molecule has 3 aromatic rings. The molecule has 8 heteroatoms. The van der Waals surface area contributed by atoms with Crippen LogP contribution in [0.25, 0.3) is 11.3 Å². The lowest BCUT2D eigenvalue weighted by atomic mass is 10.0. The van der Waals surface area contributed by atoms with E-state index in [4.69, 9.17) is 33.2 Å². The first-order valence-electron chi connectivity index (χ1n) is 10.5. The Bertz CT molecular complexity index is 1050. The van der Waals surface area contributed by atoms with Crippen LogP contribution in [-0.2, 0) is 6.54 Å². The molecule has 3 heterocycles. The van der Waals surface area contributed by atoms with Crippen molar-refractivity contribution in [1.82, 2.24) is 15.3 Å². The number of hydrogen-bond acceptors (Lipinski definition) is 5. The van der Waals surface area contributed by atoms with Gasteiger partial charge in [0.2, 0.25) is 5.95 Å². The molecule has 1 aliphatic rings. The first kappa shape index (κ1) is 21.6. The standard InChI is InChI=1S/C23H26ClN5OS/c1-15-13-21(29-12-4-3-5-16(29)2)27-22(26-15)28-23(31)25-14-19-10-11-20(30-19)17-6-8-18(24)9-7-17/h6-11,13,16H,3-5,12,14H2,1-2H3,(H2,25,26,27,28,31)/t16-/m0/s1. The van der Waals surface area contributed by atoms with Crippen LogP contribution >= 0.6 is 23.8 Å². The van der Waals surface area contributed by atoms with E-state index < -0.39 is 0 Å². The molecular weight excluding hydrogens is 430 g/mol. The maximum Gasteiger partial charge on any atom is 0.231 e. The lowest BCUT2D eigenvalue weighted by Crippen LogP contribution is -2.38. The molecule has 2 aromatic heterocycles. The fourth-order valence-corrected chi connectivity index (χ4v) is 4.04. The van der Waals surface area contributed by atoms with Crippen LogP contribution in [0.1, 0.15) is 37.6 Å². The van der Waals surface area contributed by atoms with E-state index in [1.165, 1.54) is 19.3 Å². The van der Waals surface area contributed by atoms with Gasteiger partial charge in [0.15, 0.2) is 5.11 Å². The van der Waals surface area contributed by atoms with Crippen molar-refractivity contribution >= 4 is 40.7 Å². The number of aromatic nitrogens is 2. The van der Waals surface area contributed by atoms with Crippen molar-refractivity contribution in [3.8, 4) is 11.3 Å². The van der Waals surface area contributed by atoms with E-state index >= 15 is 0 Å². The first-order valence-corrected chi connectivity index (χ1v) is 11.3. The summed E-state index contributed by atoms with van der Waals surface area (Å²) in [7, 11) is 0. The normalized spacial score (nSPS) is 16.2. The summed E-state index contributed by atoms with van der Waals surface area (Å²) in [6, 6.07) is 13.9. The van der Waals surface area contributed by atoms with Gasteiger partial charge < -0.3 is 20.0 Å². The quantitative estimate of drug-likeness (QED) is 0.488. The maximum atomic E-state index is 5.95. The zero-order chi connectivity index (χ0) is 21.8. The van der Waals surface area contributed by atoms with Crippen LogP contribution in [0, 0.1) is 6.92 Å². The summed E-state index contributed by atoms with van der Waals surface area (Å²) in [6.45, 7) is 5.70. The molecule has 162 valence electrons. The summed E-state index contributed by atoms with van der Waals surface area (Å²) in [4.78, 5) is 11.5. The second kappa shape index (κ2) is 9.66. The molecule has 4 rings (SSSR count). The van der Waals surface area contributed by atoms with E-state index in [1.807, 2.05) is 49.4 Å². The molecule has 0 unspecified atom stereocenters. The Kier molecular flexibility index (Phi) is 6.73. The van der Waals surface area contributed by atoms with Crippen LogP contribution in [0.3, 0.4) is 0 Å². The minimum atomic E-state index is 0.452. The molecule has 1 atom stereocenters. The highest BCUT2D eigenvalue weighted by molar-refractivity contribution is 7.80. The average Bonchev–Trinajstić information content (AvgIpc) is 3.22. The van der Waals surface area contributed by atoms with Gasteiger partial charge >= 0.3 is 0 Å². The Morgan fingerprint density at radius 3 is 2.77 bits per heavy atom. The van der Waals surface area contributed by atoms with E-state index in [0.717, 1.165) is 35.1 Å². The zero-order valence-electron chi connectivity index (χ0n) is 17.7. The molecule has 0 bridgehead atoms. The van der Waals surface area contributed by atoms with Crippen LogP contribution in [0.4, 0.5) is 11.8 Å². The molecule has 1 aliphatic heterocycles. The summed E-state index contributed by atoms with van der Waals surface area (Å²) >= 11 is 11.4. The predicted octanol–water partition coefficient (Wildman–Crippen LogP) is 5.56. The molecular formula is C23H26ClN5OS. The minimum absolute atomic E-state index is 0.452. The molecule has 0 amide bonds. The van der Waals surface area contributed by atoms with E-state index in [-0.39, 0.29) is 0 Å². The highest BCUT2D eigenvalue weighted by Gasteiger charge is 2.20. The molecule has 1 fully saturated rings. The number of aryl methyl sites for hydroxylation is 1. The Balaban J connectivity index is 1.36. The summed E-state index contributed by atoms with van der Waals surface area (Å²) in [5, 5.41) is 7.42. The van der Waals surface area contributed by atoms with Gasteiger partial charge in [0.1, 0.15) is 17.3 Å². The molecule has 1 saturated heterocycles. The van der Waals surface area contributed by atoms with Gasteiger partial charge in [-0.05, 0) is 81.7 Å². The van der Waals surface area contributed by atoms with Gasteiger partial charge in [0.25, 0.3) is 0 Å². The van der Waals surface area contributed by atoms with Gasteiger partial charge in [-0.2, -0.15) is 4.98 Å². The number of nitrogens with zero attached hydrogens (tertiary/aromatic N) is 3. The number of anilines is 2. The van der Waals surface area contributed by atoms with Crippen LogP contribution in [0.2, 0.25) is 5.02 Å². The molecule has 31 heavy (non-hydrogen) atoms. The van der Waals surface area contributed by atoms with Crippen LogP contribution in [0.15, 0.2) is 46.9 Å². The molecule has 2 N–H and O–H groups in total. The fourth-order valence-electron chi connectivity index (χ4n) is 3.75. The van der Waals surface area contributed by atoms with Crippen molar-refractivity contribution in [3.63, 3.8) is 0 Å². The second-order valence-electron chi connectivity index (χ2n) is 7.81. The Hall–Kier alpha value is -2.64. The Morgan fingerprint density at radius 2 is 2.00 bits per heavy atom. The van der Waals surface area contributed by atoms with Crippen molar-refractivity contribution in [2.24, 2.45) is 0 Å². The van der Waals surface area contributed by atoms with Crippen LogP contribution in [0.5, 0.6) is 0 Å². The molecule has 0 radical (unpaired) electrons. The number of halogens is 1. The van der Waals surface area contributed by atoms with Crippen molar-refractivity contribution in [1.29, 1.82) is 0 Å². The number of thiocarbonyl (C=S) groups is 1. The zero-order valence-corrected chi connectivity index (χ0v) is 19.3. The molecule has 0 spiro atoms. The number of rotatable bonds is 5. The van der Waals surface area contributed by atoms with Gasteiger partial charge in [-0.15, -0.1) is 0 Å². The topological polar surface area (TPSA) is 66.2 Å².